The summed E-state index contributed by atoms with van der Waals surface area (Å²) in [5.41, 5.74) is 0. The van der Waals surface area contributed by atoms with Crippen molar-refractivity contribution in [1.29, 1.82) is 0 Å². The fourth-order valence-corrected chi connectivity index (χ4v) is 7.79. The van der Waals surface area contributed by atoms with Crippen LogP contribution in [0.1, 0.15) is 79.1 Å². The third kappa shape index (κ3) is 2.63. The van der Waals surface area contributed by atoms with Gasteiger partial charge in [-0.25, -0.2) is 0 Å². The largest absolute Gasteiger partial charge is 0.119 e. The van der Waals surface area contributed by atoms with Gasteiger partial charge < -0.3 is 0 Å². The molecule has 10 atom stereocenters. The van der Waals surface area contributed by atoms with Gasteiger partial charge in [0.05, 0.1) is 0 Å². The van der Waals surface area contributed by atoms with E-state index in [1.807, 2.05) is 0 Å². The highest BCUT2D eigenvalue weighted by Gasteiger charge is 2.52. The first kappa shape index (κ1) is 16.5. The quantitative estimate of drug-likeness (QED) is 0.514. The second-order valence-electron chi connectivity index (χ2n) is 10.0. The minimum absolute atomic E-state index is 0.938. The lowest BCUT2D eigenvalue weighted by Gasteiger charge is -2.35. The molecule has 0 aliphatic heterocycles. The van der Waals surface area contributed by atoms with E-state index in [9.17, 15) is 0 Å². The molecule has 0 heterocycles. The Morgan fingerprint density at radius 2 is 0.826 bits per heavy atom. The zero-order valence-corrected chi connectivity index (χ0v) is 16.0. The van der Waals surface area contributed by atoms with Gasteiger partial charge in [0.1, 0.15) is 7.28 Å². The van der Waals surface area contributed by atoms with Crippen LogP contribution in [-0.4, -0.2) is 7.28 Å². The zero-order chi connectivity index (χ0) is 16.1. The second kappa shape index (κ2) is 6.42. The van der Waals surface area contributed by atoms with E-state index in [-0.39, 0.29) is 0 Å². The Labute approximate surface area is 145 Å². The van der Waals surface area contributed by atoms with Crippen LogP contribution in [0.2, 0.25) is 11.6 Å². The maximum Gasteiger partial charge on any atom is 0.119 e. The minimum atomic E-state index is 0.938. The van der Waals surface area contributed by atoms with Crippen molar-refractivity contribution in [3.8, 4) is 0 Å². The van der Waals surface area contributed by atoms with Crippen molar-refractivity contribution in [2.75, 3.05) is 0 Å². The summed E-state index contributed by atoms with van der Waals surface area (Å²) in [7, 11) is 2.97. The Hall–Kier alpha value is 0.0649. The van der Waals surface area contributed by atoms with Crippen LogP contribution in [0, 0.1) is 47.3 Å². The Kier molecular flexibility index (Phi) is 4.61. The Bertz CT molecular complexity index is 380. The SMILES string of the molecule is CC1C(C)C2CCCCC2C1[B]C1C(C)C(C)C2CCCCC12. The summed E-state index contributed by atoms with van der Waals surface area (Å²) in [4.78, 5) is 0. The van der Waals surface area contributed by atoms with Crippen molar-refractivity contribution in [1.82, 2.24) is 0 Å². The Morgan fingerprint density at radius 1 is 0.478 bits per heavy atom. The van der Waals surface area contributed by atoms with Crippen molar-refractivity contribution >= 4 is 7.28 Å². The molecule has 4 fully saturated rings. The van der Waals surface area contributed by atoms with Gasteiger partial charge in [0.25, 0.3) is 0 Å². The smallest absolute Gasteiger partial charge is 0.0627 e. The van der Waals surface area contributed by atoms with Gasteiger partial charge in [-0.3, -0.25) is 0 Å². The molecule has 0 aromatic carbocycles. The van der Waals surface area contributed by atoms with Gasteiger partial charge >= 0.3 is 0 Å². The second-order valence-corrected chi connectivity index (χ2v) is 10.0. The molecule has 0 nitrogen and oxygen atoms in total. The summed E-state index contributed by atoms with van der Waals surface area (Å²) in [5.74, 6) is 9.88. The molecule has 23 heavy (non-hydrogen) atoms. The van der Waals surface area contributed by atoms with Crippen LogP contribution in [0.15, 0.2) is 0 Å². The summed E-state index contributed by atoms with van der Waals surface area (Å²) in [6.45, 7) is 10.3. The van der Waals surface area contributed by atoms with Crippen LogP contribution in [0.5, 0.6) is 0 Å². The highest BCUT2D eigenvalue weighted by atomic mass is 14.5. The van der Waals surface area contributed by atoms with Crippen LogP contribution in [0.4, 0.5) is 0 Å². The van der Waals surface area contributed by atoms with E-state index < -0.39 is 0 Å². The number of hydrogen-bond donors (Lipinski definition) is 0. The molecule has 1 heteroatoms. The zero-order valence-electron chi connectivity index (χ0n) is 16.0. The molecule has 1 radical (unpaired) electrons. The minimum Gasteiger partial charge on any atom is -0.0627 e. The van der Waals surface area contributed by atoms with Crippen molar-refractivity contribution in [2.24, 2.45) is 47.3 Å². The molecule has 0 amide bonds. The van der Waals surface area contributed by atoms with Crippen LogP contribution < -0.4 is 0 Å². The standard InChI is InChI=1S/C22H38B/c1-13-15(3)21(19-11-7-5-9-17(13)19)23-22-16(4)14(2)18-10-6-8-12-20(18)22/h13-22H,5-12H2,1-4H3. The predicted octanol–water partition coefficient (Wildman–Crippen LogP) is 6.45. The first-order valence-electron chi connectivity index (χ1n) is 10.9. The molecule has 0 saturated heterocycles. The summed E-state index contributed by atoms with van der Waals surface area (Å²) >= 11 is 0. The molecule has 4 aliphatic carbocycles. The first-order valence-corrected chi connectivity index (χ1v) is 10.9. The lowest BCUT2D eigenvalue weighted by atomic mass is 9.44. The molecular weight excluding hydrogens is 275 g/mol. The van der Waals surface area contributed by atoms with Crippen molar-refractivity contribution in [3.63, 3.8) is 0 Å². The van der Waals surface area contributed by atoms with E-state index in [1.54, 1.807) is 0 Å². The lowest BCUT2D eigenvalue weighted by Crippen LogP contribution is -2.27. The molecule has 129 valence electrons. The molecule has 4 aliphatic rings. The summed E-state index contributed by atoms with van der Waals surface area (Å²) in [6.07, 6.45) is 12.2. The monoisotopic (exact) mass is 313 g/mol. The number of hydrogen-bond acceptors (Lipinski definition) is 0. The van der Waals surface area contributed by atoms with E-state index in [2.05, 4.69) is 35.0 Å². The molecule has 0 aromatic rings. The van der Waals surface area contributed by atoms with Gasteiger partial charge in [0.2, 0.25) is 0 Å². The fourth-order valence-electron chi connectivity index (χ4n) is 7.79. The van der Waals surface area contributed by atoms with Gasteiger partial charge in [-0.1, -0.05) is 77.9 Å². The third-order valence-electron chi connectivity index (χ3n) is 9.41. The van der Waals surface area contributed by atoms with Crippen LogP contribution >= 0.6 is 0 Å². The predicted molar refractivity (Wildman–Crippen MR) is 101 cm³/mol. The Morgan fingerprint density at radius 3 is 1.22 bits per heavy atom. The van der Waals surface area contributed by atoms with E-state index in [1.165, 1.54) is 51.4 Å². The third-order valence-corrected chi connectivity index (χ3v) is 9.41. The number of fused-ring (bicyclic) bond motifs is 2. The molecule has 0 bridgehead atoms. The lowest BCUT2D eigenvalue weighted by molar-refractivity contribution is 0.229. The van der Waals surface area contributed by atoms with Gasteiger partial charge in [-0.15, -0.1) is 0 Å². The van der Waals surface area contributed by atoms with Gasteiger partial charge in [0, 0.05) is 0 Å². The van der Waals surface area contributed by atoms with Crippen LogP contribution in [0.25, 0.3) is 0 Å². The van der Waals surface area contributed by atoms with Crippen molar-refractivity contribution < 1.29 is 0 Å². The van der Waals surface area contributed by atoms with Gasteiger partial charge in [-0.05, 0) is 60.2 Å². The summed E-state index contributed by atoms with van der Waals surface area (Å²) in [5, 5.41) is 0. The normalized spacial score (nSPS) is 56.2. The number of rotatable bonds is 2. The summed E-state index contributed by atoms with van der Waals surface area (Å²) in [6, 6.07) is 0. The van der Waals surface area contributed by atoms with Gasteiger partial charge in [-0.2, -0.15) is 0 Å². The maximum absolute atomic E-state index is 2.97. The first-order chi connectivity index (χ1) is 11.1. The van der Waals surface area contributed by atoms with Crippen molar-refractivity contribution in [2.45, 2.75) is 90.7 Å². The van der Waals surface area contributed by atoms with Crippen LogP contribution in [-0.2, 0) is 0 Å². The van der Waals surface area contributed by atoms with Crippen molar-refractivity contribution in [3.05, 3.63) is 0 Å². The average Bonchev–Trinajstić information content (AvgIpc) is 2.97. The average molecular weight is 313 g/mol. The fraction of sp³-hybridized carbons (Fsp3) is 1.00. The molecule has 0 spiro atoms. The van der Waals surface area contributed by atoms with E-state index in [4.69, 9.17) is 0 Å². The molecular formula is C22H38B. The molecule has 0 N–H and O–H groups in total. The highest BCUT2D eigenvalue weighted by molar-refractivity contribution is 6.40. The summed E-state index contributed by atoms with van der Waals surface area (Å²) < 4.78 is 0. The molecule has 10 unspecified atom stereocenters. The molecule has 0 aromatic heterocycles. The van der Waals surface area contributed by atoms with Gasteiger partial charge in [0.15, 0.2) is 0 Å². The van der Waals surface area contributed by atoms with Crippen LogP contribution in [0.3, 0.4) is 0 Å². The Balaban J connectivity index is 1.52. The highest BCUT2D eigenvalue weighted by Crippen LogP contribution is 2.60. The molecule has 4 saturated carbocycles. The van der Waals surface area contributed by atoms with E-state index >= 15 is 0 Å². The topological polar surface area (TPSA) is 0 Å². The maximum atomic E-state index is 2.97. The molecule has 4 rings (SSSR count). The van der Waals surface area contributed by atoms with E-state index in [0.717, 1.165) is 59.0 Å². The van der Waals surface area contributed by atoms with E-state index in [0.29, 0.717) is 0 Å².